The van der Waals surface area contributed by atoms with Crippen LogP contribution in [0.2, 0.25) is 0 Å². The van der Waals surface area contributed by atoms with E-state index in [1.807, 2.05) is 13.8 Å². The summed E-state index contributed by atoms with van der Waals surface area (Å²) < 4.78 is 18.2. The molecule has 14 heavy (non-hydrogen) atoms. The summed E-state index contributed by atoms with van der Waals surface area (Å²) in [6.07, 6.45) is 2.94. The standard InChI is InChI=1S/C11H18FNO/c1-6-10(13-5)11(7-9(4)12)14-8(2)3/h6-8,13H,1H2,2-5H3/b9-7+,11-10-. The highest BCUT2D eigenvalue weighted by molar-refractivity contribution is 5.27. The van der Waals surface area contributed by atoms with Crippen molar-refractivity contribution in [1.29, 1.82) is 0 Å². The molecule has 0 heterocycles. The highest BCUT2D eigenvalue weighted by atomic mass is 19.1. The molecule has 0 amide bonds. The van der Waals surface area contributed by atoms with Gasteiger partial charge >= 0.3 is 0 Å². The molecule has 0 aromatic carbocycles. The maximum Gasteiger partial charge on any atom is 0.145 e. The van der Waals surface area contributed by atoms with E-state index in [4.69, 9.17) is 4.74 Å². The fourth-order valence-corrected chi connectivity index (χ4v) is 0.936. The van der Waals surface area contributed by atoms with Crippen LogP contribution in [0.4, 0.5) is 4.39 Å². The molecule has 0 aliphatic heterocycles. The Bertz CT molecular complexity index is 250. The molecule has 0 rings (SSSR count). The number of likely N-dealkylation sites (N-methyl/N-ethyl adjacent to an activating group) is 1. The minimum Gasteiger partial charge on any atom is -0.489 e. The van der Waals surface area contributed by atoms with Gasteiger partial charge in [0.1, 0.15) is 11.6 Å². The largest absolute Gasteiger partial charge is 0.489 e. The van der Waals surface area contributed by atoms with Crippen molar-refractivity contribution in [2.45, 2.75) is 26.9 Å². The Morgan fingerprint density at radius 1 is 1.50 bits per heavy atom. The lowest BCUT2D eigenvalue weighted by atomic mass is 10.3. The highest BCUT2D eigenvalue weighted by Crippen LogP contribution is 2.12. The van der Waals surface area contributed by atoms with Crippen LogP contribution in [0.5, 0.6) is 0 Å². The zero-order chi connectivity index (χ0) is 11.1. The normalized spacial score (nSPS) is 13.7. The first kappa shape index (κ1) is 12.8. The second-order valence-electron chi connectivity index (χ2n) is 3.13. The summed E-state index contributed by atoms with van der Waals surface area (Å²) in [5, 5.41) is 2.89. The summed E-state index contributed by atoms with van der Waals surface area (Å²) >= 11 is 0. The molecule has 0 aliphatic rings. The molecule has 2 nitrogen and oxygen atoms in total. The van der Waals surface area contributed by atoms with Crippen LogP contribution < -0.4 is 5.32 Å². The van der Waals surface area contributed by atoms with Gasteiger partial charge < -0.3 is 10.1 Å². The van der Waals surface area contributed by atoms with Crippen molar-refractivity contribution in [1.82, 2.24) is 5.32 Å². The van der Waals surface area contributed by atoms with Gasteiger partial charge in [-0.25, -0.2) is 4.39 Å². The van der Waals surface area contributed by atoms with E-state index in [9.17, 15) is 4.39 Å². The lowest BCUT2D eigenvalue weighted by Crippen LogP contribution is -2.11. The maximum atomic E-state index is 12.7. The molecule has 0 aliphatic carbocycles. The third-order valence-electron chi connectivity index (χ3n) is 1.43. The SMILES string of the molecule is C=C/C(NC)=C(\C=C(/C)F)OC(C)C. The summed E-state index contributed by atoms with van der Waals surface area (Å²) in [5.41, 5.74) is 0.677. The van der Waals surface area contributed by atoms with Crippen LogP contribution in [0.15, 0.2) is 36.0 Å². The van der Waals surface area contributed by atoms with Crippen molar-refractivity contribution < 1.29 is 9.13 Å². The Morgan fingerprint density at radius 2 is 2.07 bits per heavy atom. The molecule has 1 N–H and O–H groups in total. The zero-order valence-electron chi connectivity index (χ0n) is 9.23. The molecule has 0 fully saturated rings. The first-order chi connectivity index (χ1) is 6.51. The molecule has 3 heteroatoms. The summed E-state index contributed by atoms with van der Waals surface area (Å²) in [7, 11) is 1.74. The van der Waals surface area contributed by atoms with Gasteiger partial charge in [-0.1, -0.05) is 6.58 Å². The minimum absolute atomic E-state index is 0.00361. The van der Waals surface area contributed by atoms with Crippen molar-refractivity contribution in [3.8, 4) is 0 Å². The molecule has 0 radical (unpaired) electrons. The average molecular weight is 199 g/mol. The highest BCUT2D eigenvalue weighted by Gasteiger charge is 2.04. The molecule has 0 atom stereocenters. The minimum atomic E-state index is -0.296. The van der Waals surface area contributed by atoms with Crippen LogP contribution in [0.25, 0.3) is 0 Å². The molecule has 0 spiro atoms. The van der Waals surface area contributed by atoms with Crippen LogP contribution >= 0.6 is 0 Å². The lowest BCUT2D eigenvalue weighted by molar-refractivity contribution is 0.154. The number of ether oxygens (including phenoxy) is 1. The Morgan fingerprint density at radius 3 is 2.36 bits per heavy atom. The monoisotopic (exact) mass is 199 g/mol. The molecule has 0 saturated heterocycles. The van der Waals surface area contributed by atoms with Crippen LogP contribution in [-0.4, -0.2) is 13.2 Å². The number of hydrogen-bond acceptors (Lipinski definition) is 2. The second-order valence-corrected chi connectivity index (χ2v) is 3.13. The third kappa shape index (κ3) is 4.70. The van der Waals surface area contributed by atoms with Gasteiger partial charge in [0.15, 0.2) is 0 Å². The van der Waals surface area contributed by atoms with E-state index < -0.39 is 0 Å². The Balaban J connectivity index is 4.96. The molecule has 0 unspecified atom stereocenters. The van der Waals surface area contributed by atoms with Gasteiger partial charge in [-0.3, -0.25) is 0 Å². The van der Waals surface area contributed by atoms with E-state index in [0.29, 0.717) is 11.5 Å². The van der Waals surface area contributed by atoms with Crippen molar-refractivity contribution in [3.05, 3.63) is 36.0 Å². The lowest BCUT2D eigenvalue weighted by Gasteiger charge is -2.14. The van der Waals surface area contributed by atoms with Crippen molar-refractivity contribution in [3.63, 3.8) is 0 Å². The van der Waals surface area contributed by atoms with Crippen LogP contribution in [0.1, 0.15) is 20.8 Å². The Kier molecular flexibility index (Phi) is 5.68. The number of allylic oxidation sites excluding steroid dienone is 3. The Hall–Kier alpha value is -1.25. The van der Waals surface area contributed by atoms with Crippen LogP contribution in [-0.2, 0) is 4.74 Å². The third-order valence-corrected chi connectivity index (χ3v) is 1.43. The van der Waals surface area contributed by atoms with E-state index >= 15 is 0 Å². The van der Waals surface area contributed by atoms with Crippen LogP contribution in [0, 0.1) is 0 Å². The van der Waals surface area contributed by atoms with Gasteiger partial charge in [0.2, 0.25) is 0 Å². The predicted octanol–water partition coefficient (Wildman–Crippen LogP) is 2.90. The van der Waals surface area contributed by atoms with Gasteiger partial charge in [0.25, 0.3) is 0 Å². The topological polar surface area (TPSA) is 21.3 Å². The molecule has 0 bridgehead atoms. The van der Waals surface area contributed by atoms with Gasteiger partial charge in [-0.15, -0.1) is 0 Å². The molecular formula is C11H18FNO. The average Bonchev–Trinajstić information content (AvgIpc) is 2.03. The summed E-state index contributed by atoms with van der Waals surface area (Å²) in [6.45, 7) is 8.76. The van der Waals surface area contributed by atoms with Gasteiger partial charge in [-0.2, -0.15) is 0 Å². The number of halogens is 1. The molecule has 0 aromatic heterocycles. The number of rotatable bonds is 5. The summed E-state index contributed by atoms with van der Waals surface area (Å²) in [6, 6.07) is 0. The van der Waals surface area contributed by atoms with Crippen molar-refractivity contribution in [2.75, 3.05) is 7.05 Å². The molecule has 80 valence electrons. The fourth-order valence-electron chi connectivity index (χ4n) is 0.936. The number of hydrogen-bond donors (Lipinski definition) is 1. The van der Waals surface area contributed by atoms with E-state index in [2.05, 4.69) is 11.9 Å². The molecule has 0 saturated carbocycles. The van der Waals surface area contributed by atoms with E-state index in [1.54, 1.807) is 13.1 Å². The zero-order valence-corrected chi connectivity index (χ0v) is 9.23. The maximum absolute atomic E-state index is 12.7. The van der Waals surface area contributed by atoms with Crippen molar-refractivity contribution in [2.24, 2.45) is 0 Å². The summed E-state index contributed by atoms with van der Waals surface area (Å²) in [5.74, 6) is 0.174. The van der Waals surface area contributed by atoms with Gasteiger partial charge in [0.05, 0.1) is 11.8 Å². The van der Waals surface area contributed by atoms with E-state index in [-0.39, 0.29) is 11.9 Å². The smallest absolute Gasteiger partial charge is 0.145 e. The van der Waals surface area contributed by atoms with E-state index in [1.165, 1.54) is 13.0 Å². The second kappa shape index (κ2) is 6.24. The van der Waals surface area contributed by atoms with Crippen LogP contribution in [0.3, 0.4) is 0 Å². The first-order valence-corrected chi connectivity index (χ1v) is 4.56. The van der Waals surface area contributed by atoms with E-state index in [0.717, 1.165) is 0 Å². The van der Waals surface area contributed by atoms with Crippen molar-refractivity contribution >= 4 is 0 Å². The Labute approximate surface area is 85.1 Å². The van der Waals surface area contributed by atoms with Gasteiger partial charge in [-0.05, 0) is 26.8 Å². The first-order valence-electron chi connectivity index (χ1n) is 4.56. The quantitative estimate of drug-likeness (QED) is 0.543. The van der Waals surface area contributed by atoms with Gasteiger partial charge in [0, 0.05) is 13.1 Å². The molecule has 0 aromatic rings. The number of nitrogens with one attached hydrogen (secondary N) is 1. The molecular weight excluding hydrogens is 181 g/mol. The fraction of sp³-hybridized carbons (Fsp3) is 0.455. The predicted molar refractivity (Wildman–Crippen MR) is 57.4 cm³/mol. The summed E-state index contributed by atoms with van der Waals surface area (Å²) in [4.78, 5) is 0.